The molecule has 2 aromatic rings. The Balaban J connectivity index is 1.36. The highest BCUT2D eigenvalue weighted by molar-refractivity contribution is 6.01. The largest absolute Gasteiger partial charge is 0.497 e. The third kappa shape index (κ3) is 4.33. The SMILES string of the molecule is CCc1ccccc1N1CC(C(=O)N2CCN(C(=O)c3cccc(OC)c3)CC2)CC1=O. The van der Waals surface area contributed by atoms with Crippen LogP contribution < -0.4 is 9.64 Å². The second-order valence-corrected chi connectivity index (χ2v) is 8.24. The van der Waals surface area contributed by atoms with Gasteiger partial charge in [-0.15, -0.1) is 0 Å². The number of benzene rings is 2. The molecule has 4 rings (SSSR count). The van der Waals surface area contributed by atoms with Gasteiger partial charge in [0.15, 0.2) is 0 Å². The number of carbonyl (C=O) groups excluding carboxylic acids is 3. The number of methoxy groups -OCH3 is 1. The van der Waals surface area contributed by atoms with Gasteiger partial charge in [0.05, 0.1) is 13.0 Å². The van der Waals surface area contributed by atoms with E-state index in [2.05, 4.69) is 6.92 Å². The van der Waals surface area contributed by atoms with Crippen LogP contribution in [0.15, 0.2) is 48.5 Å². The number of hydrogen-bond donors (Lipinski definition) is 0. The van der Waals surface area contributed by atoms with E-state index in [0.717, 1.165) is 17.7 Å². The molecule has 32 heavy (non-hydrogen) atoms. The minimum atomic E-state index is -0.340. The quantitative estimate of drug-likeness (QED) is 0.724. The molecule has 0 radical (unpaired) electrons. The molecule has 1 unspecified atom stereocenters. The van der Waals surface area contributed by atoms with E-state index in [4.69, 9.17) is 4.74 Å². The molecule has 7 heteroatoms. The van der Waals surface area contributed by atoms with Gasteiger partial charge in [-0.05, 0) is 36.2 Å². The summed E-state index contributed by atoms with van der Waals surface area (Å²) >= 11 is 0. The lowest BCUT2D eigenvalue weighted by Gasteiger charge is -2.36. The monoisotopic (exact) mass is 435 g/mol. The van der Waals surface area contributed by atoms with Crippen LogP contribution in [0.25, 0.3) is 0 Å². The first kappa shape index (κ1) is 21.9. The number of rotatable bonds is 5. The molecule has 2 aliphatic rings. The maximum Gasteiger partial charge on any atom is 0.254 e. The highest BCUT2D eigenvalue weighted by Gasteiger charge is 2.38. The summed E-state index contributed by atoms with van der Waals surface area (Å²) in [5.74, 6) is 0.242. The molecule has 2 heterocycles. The van der Waals surface area contributed by atoms with Crippen molar-refractivity contribution in [2.24, 2.45) is 5.92 Å². The fourth-order valence-electron chi connectivity index (χ4n) is 4.51. The van der Waals surface area contributed by atoms with E-state index in [0.29, 0.717) is 44.0 Å². The van der Waals surface area contributed by atoms with Crippen molar-refractivity contribution < 1.29 is 19.1 Å². The summed E-state index contributed by atoms with van der Waals surface area (Å²) in [6, 6.07) is 15.0. The van der Waals surface area contributed by atoms with E-state index in [1.54, 1.807) is 46.1 Å². The topological polar surface area (TPSA) is 70.2 Å². The van der Waals surface area contributed by atoms with Gasteiger partial charge in [-0.3, -0.25) is 14.4 Å². The maximum absolute atomic E-state index is 13.1. The minimum absolute atomic E-state index is 0.00306. The number of hydrogen-bond acceptors (Lipinski definition) is 4. The smallest absolute Gasteiger partial charge is 0.254 e. The van der Waals surface area contributed by atoms with E-state index in [-0.39, 0.29) is 30.1 Å². The summed E-state index contributed by atoms with van der Waals surface area (Å²) in [6.45, 7) is 4.39. The Morgan fingerprint density at radius 1 is 1.00 bits per heavy atom. The standard InChI is InChI=1S/C25H29N3O4/c1-3-18-7-4-5-10-22(18)28-17-20(16-23(28)29)25(31)27-13-11-26(12-14-27)24(30)19-8-6-9-21(15-19)32-2/h4-10,15,20H,3,11-14,16-17H2,1-2H3. The fraction of sp³-hybridized carbons (Fsp3) is 0.400. The molecule has 3 amide bonds. The lowest BCUT2D eigenvalue weighted by Crippen LogP contribution is -2.52. The molecule has 168 valence electrons. The summed E-state index contributed by atoms with van der Waals surface area (Å²) in [4.78, 5) is 44.0. The van der Waals surface area contributed by atoms with Crippen molar-refractivity contribution in [2.45, 2.75) is 19.8 Å². The van der Waals surface area contributed by atoms with Crippen LogP contribution in [0.2, 0.25) is 0 Å². The molecule has 0 aliphatic carbocycles. The number of amides is 3. The average Bonchev–Trinajstić information content (AvgIpc) is 3.24. The highest BCUT2D eigenvalue weighted by atomic mass is 16.5. The average molecular weight is 436 g/mol. The van der Waals surface area contributed by atoms with E-state index >= 15 is 0 Å². The zero-order valence-corrected chi connectivity index (χ0v) is 18.6. The Morgan fingerprint density at radius 2 is 1.72 bits per heavy atom. The highest BCUT2D eigenvalue weighted by Crippen LogP contribution is 2.29. The van der Waals surface area contributed by atoms with Crippen LogP contribution >= 0.6 is 0 Å². The molecule has 0 N–H and O–H groups in total. The van der Waals surface area contributed by atoms with Crippen molar-refractivity contribution in [3.63, 3.8) is 0 Å². The minimum Gasteiger partial charge on any atom is -0.497 e. The molecule has 2 saturated heterocycles. The number of anilines is 1. The zero-order chi connectivity index (χ0) is 22.7. The zero-order valence-electron chi connectivity index (χ0n) is 18.6. The first-order valence-corrected chi connectivity index (χ1v) is 11.1. The van der Waals surface area contributed by atoms with Crippen molar-refractivity contribution >= 4 is 23.4 Å². The van der Waals surface area contributed by atoms with Crippen LogP contribution in [-0.4, -0.2) is 67.4 Å². The molecule has 0 bridgehead atoms. The Kier molecular flexibility index (Phi) is 6.44. The second kappa shape index (κ2) is 9.42. The van der Waals surface area contributed by atoms with Crippen LogP contribution in [0, 0.1) is 5.92 Å². The van der Waals surface area contributed by atoms with Gasteiger partial charge in [-0.1, -0.05) is 31.2 Å². The van der Waals surface area contributed by atoms with Crippen molar-refractivity contribution in [1.29, 1.82) is 0 Å². The van der Waals surface area contributed by atoms with Crippen LogP contribution in [0.4, 0.5) is 5.69 Å². The summed E-state index contributed by atoms with van der Waals surface area (Å²) in [7, 11) is 1.57. The van der Waals surface area contributed by atoms with Crippen LogP contribution in [0.5, 0.6) is 5.75 Å². The van der Waals surface area contributed by atoms with Crippen LogP contribution in [0.3, 0.4) is 0 Å². The molecule has 0 aromatic heterocycles. The van der Waals surface area contributed by atoms with Crippen LogP contribution in [0.1, 0.15) is 29.3 Å². The Hall–Kier alpha value is -3.35. The molecule has 2 fully saturated rings. The van der Waals surface area contributed by atoms with Gasteiger partial charge < -0.3 is 19.4 Å². The number of piperazine rings is 1. The number of para-hydroxylation sites is 1. The summed E-state index contributed by atoms with van der Waals surface area (Å²) in [5.41, 5.74) is 2.60. The molecule has 2 aliphatic heterocycles. The van der Waals surface area contributed by atoms with Gasteiger partial charge in [0, 0.05) is 50.4 Å². The number of aryl methyl sites for hydroxylation is 1. The molecular formula is C25H29N3O4. The number of carbonyl (C=O) groups is 3. The van der Waals surface area contributed by atoms with Gasteiger partial charge in [-0.25, -0.2) is 0 Å². The fourth-order valence-corrected chi connectivity index (χ4v) is 4.51. The van der Waals surface area contributed by atoms with Crippen molar-refractivity contribution in [3.8, 4) is 5.75 Å². The molecule has 0 saturated carbocycles. The first-order chi connectivity index (χ1) is 15.5. The molecule has 1 atom stereocenters. The number of ether oxygens (including phenoxy) is 1. The lowest BCUT2D eigenvalue weighted by atomic mass is 10.1. The lowest BCUT2D eigenvalue weighted by molar-refractivity contribution is -0.137. The predicted molar refractivity (Wildman–Crippen MR) is 122 cm³/mol. The summed E-state index contributed by atoms with van der Waals surface area (Å²) < 4.78 is 5.21. The third-order valence-corrected chi connectivity index (χ3v) is 6.33. The second-order valence-electron chi connectivity index (χ2n) is 8.24. The van der Waals surface area contributed by atoms with Gasteiger partial charge in [0.1, 0.15) is 5.75 Å². The molecule has 0 spiro atoms. The number of nitrogens with zero attached hydrogens (tertiary/aromatic N) is 3. The van der Waals surface area contributed by atoms with Crippen molar-refractivity contribution in [3.05, 3.63) is 59.7 Å². The first-order valence-electron chi connectivity index (χ1n) is 11.1. The van der Waals surface area contributed by atoms with Gasteiger partial charge in [0.25, 0.3) is 5.91 Å². The Labute approximate surface area is 188 Å². The maximum atomic E-state index is 13.1. The molecule has 2 aromatic carbocycles. The molecular weight excluding hydrogens is 406 g/mol. The van der Waals surface area contributed by atoms with E-state index < -0.39 is 0 Å². The van der Waals surface area contributed by atoms with Crippen LogP contribution in [-0.2, 0) is 16.0 Å². The van der Waals surface area contributed by atoms with Crippen molar-refractivity contribution in [2.75, 3.05) is 44.7 Å². The Morgan fingerprint density at radius 3 is 2.44 bits per heavy atom. The molecule has 7 nitrogen and oxygen atoms in total. The van der Waals surface area contributed by atoms with E-state index in [9.17, 15) is 14.4 Å². The van der Waals surface area contributed by atoms with Gasteiger partial charge >= 0.3 is 0 Å². The summed E-state index contributed by atoms with van der Waals surface area (Å²) in [5, 5.41) is 0. The summed E-state index contributed by atoms with van der Waals surface area (Å²) in [6.07, 6.45) is 1.07. The Bertz CT molecular complexity index is 1010. The predicted octanol–water partition coefficient (Wildman–Crippen LogP) is 2.60. The third-order valence-electron chi connectivity index (χ3n) is 6.33. The van der Waals surface area contributed by atoms with E-state index in [1.807, 2.05) is 24.3 Å². The van der Waals surface area contributed by atoms with E-state index in [1.165, 1.54) is 0 Å². The van der Waals surface area contributed by atoms with Gasteiger partial charge in [-0.2, -0.15) is 0 Å². The van der Waals surface area contributed by atoms with Crippen molar-refractivity contribution in [1.82, 2.24) is 9.80 Å². The van der Waals surface area contributed by atoms with Gasteiger partial charge in [0.2, 0.25) is 11.8 Å². The normalized spacial score (nSPS) is 18.8.